The van der Waals surface area contributed by atoms with Crippen molar-refractivity contribution < 1.29 is 22.7 Å². The summed E-state index contributed by atoms with van der Waals surface area (Å²) in [6, 6.07) is 15.1. The van der Waals surface area contributed by atoms with Crippen molar-refractivity contribution in [2.45, 2.75) is 32.9 Å². The molecule has 1 aliphatic rings. The molecule has 10 nitrogen and oxygen atoms in total. The number of hydrogen-bond donors (Lipinski definition) is 1. The zero-order valence-electron chi connectivity index (χ0n) is 26.0. The second-order valence-corrected chi connectivity index (χ2v) is 11.7. The van der Waals surface area contributed by atoms with Crippen LogP contribution >= 0.6 is 0 Å². The first kappa shape index (κ1) is 30.3. The van der Waals surface area contributed by atoms with E-state index in [0.717, 1.165) is 5.69 Å². The molecule has 7 rings (SSSR count). The van der Waals surface area contributed by atoms with Crippen LogP contribution in [0.2, 0.25) is 0 Å². The van der Waals surface area contributed by atoms with Gasteiger partial charge in [0.1, 0.15) is 41.0 Å². The number of anilines is 2. The van der Waals surface area contributed by atoms with E-state index < -0.39 is 17.7 Å². The van der Waals surface area contributed by atoms with E-state index >= 15 is 4.39 Å². The third-order valence-corrected chi connectivity index (χ3v) is 8.22. The quantitative estimate of drug-likeness (QED) is 0.213. The van der Waals surface area contributed by atoms with Crippen LogP contribution in [0.4, 0.5) is 20.3 Å². The monoisotopic (exact) mass is 638 g/mol. The Labute approximate surface area is 268 Å². The molecule has 0 aliphatic carbocycles. The molecular weight excluding hydrogens is 606 g/mol. The van der Waals surface area contributed by atoms with Gasteiger partial charge in [0.15, 0.2) is 17.2 Å². The number of morpholine rings is 1. The van der Waals surface area contributed by atoms with Crippen molar-refractivity contribution in [3.05, 3.63) is 94.6 Å². The molecule has 3 aromatic carbocycles. The lowest BCUT2D eigenvalue weighted by Crippen LogP contribution is -2.36. The second-order valence-electron chi connectivity index (χ2n) is 11.7. The number of halogens is 2. The minimum Gasteiger partial charge on any atom is -0.488 e. The maximum absolute atomic E-state index is 15.1. The average molecular weight is 639 g/mol. The van der Waals surface area contributed by atoms with Gasteiger partial charge >= 0.3 is 0 Å². The summed E-state index contributed by atoms with van der Waals surface area (Å²) < 4.78 is 49.1. The minimum absolute atomic E-state index is 0.110. The molecule has 0 saturated carbocycles. The molecule has 6 aromatic rings. The van der Waals surface area contributed by atoms with Crippen molar-refractivity contribution in [3.8, 4) is 28.1 Å². The van der Waals surface area contributed by atoms with Crippen LogP contribution in [0.5, 0.6) is 5.75 Å². The average Bonchev–Trinajstić information content (AvgIpc) is 3.46. The Hall–Kier alpha value is -5.36. The van der Waals surface area contributed by atoms with Gasteiger partial charge in [-0.05, 0) is 68.8 Å². The van der Waals surface area contributed by atoms with E-state index in [9.17, 15) is 9.18 Å². The zero-order chi connectivity index (χ0) is 32.8. The molecule has 1 unspecified atom stereocenters. The van der Waals surface area contributed by atoms with E-state index in [1.807, 2.05) is 26.0 Å². The lowest BCUT2D eigenvalue weighted by atomic mass is 9.98. The number of hydrogen-bond acceptors (Lipinski definition) is 9. The predicted molar refractivity (Wildman–Crippen MR) is 176 cm³/mol. The van der Waals surface area contributed by atoms with Crippen molar-refractivity contribution >= 4 is 33.5 Å². The van der Waals surface area contributed by atoms with Crippen molar-refractivity contribution in [2.75, 3.05) is 36.9 Å². The summed E-state index contributed by atoms with van der Waals surface area (Å²) in [6.07, 6.45) is 1.10. The van der Waals surface area contributed by atoms with Crippen LogP contribution in [0.3, 0.4) is 0 Å². The number of fused-ring (bicyclic) bond motifs is 2. The SMILES string of the molecule is CC(C)Oc1ccc(-c2nn(C(C)c3oc4cccc(N5CCOCC5)c4c(=O)c3-c3cccc(F)c3)c3ncnc(N)c23)cc1F. The number of nitrogens with zero attached hydrogens (tertiary/aromatic N) is 5. The number of nitrogens with two attached hydrogens (primary N) is 1. The first-order chi connectivity index (χ1) is 22.7. The number of rotatable bonds is 7. The van der Waals surface area contributed by atoms with Crippen LogP contribution in [0.1, 0.15) is 32.6 Å². The van der Waals surface area contributed by atoms with Crippen molar-refractivity contribution in [3.63, 3.8) is 0 Å². The van der Waals surface area contributed by atoms with Gasteiger partial charge in [0.05, 0.1) is 41.3 Å². The van der Waals surface area contributed by atoms with Gasteiger partial charge in [-0.2, -0.15) is 5.10 Å². The lowest BCUT2D eigenvalue weighted by Gasteiger charge is -2.29. The highest BCUT2D eigenvalue weighted by Crippen LogP contribution is 2.38. The molecule has 240 valence electrons. The van der Waals surface area contributed by atoms with Gasteiger partial charge < -0.3 is 24.5 Å². The molecule has 0 amide bonds. The topological polar surface area (TPSA) is 122 Å². The molecule has 3 aromatic heterocycles. The van der Waals surface area contributed by atoms with E-state index in [0.29, 0.717) is 65.1 Å². The van der Waals surface area contributed by atoms with Gasteiger partial charge in [-0.1, -0.05) is 18.2 Å². The number of ether oxygens (including phenoxy) is 2. The summed E-state index contributed by atoms with van der Waals surface area (Å²) in [5.74, 6) is -0.563. The third kappa shape index (κ3) is 5.44. The van der Waals surface area contributed by atoms with Gasteiger partial charge in [0, 0.05) is 18.7 Å². The highest BCUT2D eigenvalue weighted by atomic mass is 19.1. The van der Waals surface area contributed by atoms with Crippen molar-refractivity contribution in [1.82, 2.24) is 19.7 Å². The molecule has 1 fully saturated rings. The number of benzene rings is 3. The summed E-state index contributed by atoms with van der Waals surface area (Å²) >= 11 is 0. The Morgan fingerprint density at radius 2 is 1.72 bits per heavy atom. The fraction of sp³-hybridized carbons (Fsp3) is 0.257. The van der Waals surface area contributed by atoms with Gasteiger partial charge in [-0.25, -0.2) is 23.4 Å². The fourth-order valence-electron chi connectivity index (χ4n) is 6.09. The predicted octanol–water partition coefficient (Wildman–Crippen LogP) is 6.36. The van der Waals surface area contributed by atoms with Crippen LogP contribution in [0, 0.1) is 11.6 Å². The summed E-state index contributed by atoms with van der Waals surface area (Å²) in [7, 11) is 0. The molecule has 12 heteroatoms. The highest BCUT2D eigenvalue weighted by molar-refractivity contribution is 5.98. The maximum Gasteiger partial charge on any atom is 0.202 e. The van der Waals surface area contributed by atoms with Crippen molar-refractivity contribution in [1.29, 1.82) is 0 Å². The highest BCUT2D eigenvalue weighted by Gasteiger charge is 2.29. The zero-order valence-corrected chi connectivity index (χ0v) is 26.0. The Balaban J connectivity index is 1.45. The van der Waals surface area contributed by atoms with Gasteiger partial charge in [-0.3, -0.25) is 4.79 Å². The largest absolute Gasteiger partial charge is 0.488 e. The second kappa shape index (κ2) is 12.1. The van der Waals surface area contributed by atoms with Crippen LogP contribution in [0.25, 0.3) is 44.4 Å². The molecule has 0 bridgehead atoms. The minimum atomic E-state index is -0.753. The summed E-state index contributed by atoms with van der Waals surface area (Å²) in [5.41, 5.74) is 8.79. The molecular formula is C35H32F2N6O4. The van der Waals surface area contributed by atoms with Gasteiger partial charge in [-0.15, -0.1) is 0 Å². The first-order valence-electron chi connectivity index (χ1n) is 15.3. The molecule has 47 heavy (non-hydrogen) atoms. The Kier molecular flexibility index (Phi) is 7.80. The Bertz CT molecular complexity index is 2190. The van der Waals surface area contributed by atoms with E-state index in [4.69, 9.17) is 24.7 Å². The third-order valence-electron chi connectivity index (χ3n) is 8.22. The van der Waals surface area contributed by atoms with E-state index in [-0.39, 0.29) is 34.4 Å². The van der Waals surface area contributed by atoms with Crippen LogP contribution in [-0.2, 0) is 4.74 Å². The molecule has 1 saturated heterocycles. The summed E-state index contributed by atoms with van der Waals surface area (Å²) in [6.45, 7) is 7.71. The van der Waals surface area contributed by atoms with E-state index in [2.05, 4.69) is 14.9 Å². The molecule has 0 spiro atoms. The summed E-state index contributed by atoms with van der Waals surface area (Å²) in [4.78, 5) is 25.3. The van der Waals surface area contributed by atoms with Gasteiger partial charge in [0.2, 0.25) is 5.43 Å². The van der Waals surface area contributed by atoms with E-state index in [1.165, 1.54) is 30.6 Å². The normalized spacial score (nSPS) is 14.3. The number of nitrogen functional groups attached to an aromatic ring is 1. The molecule has 0 radical (unpaired) electrons. The molecule has 1 aliphatic heterocycles. The van der Waals surface area contributed by atoms with Crippen molar-refractivity contribution in [2.24, 2.45) is 0 Å². The van der Waals surface area contributed by atoms with Crippen LogP contribution in [-0.4, -0.2) is 52.2 Å². The summed E-state index contributed by atoms with van der Waals surface area (Å²) in [5, 5.41) is 5.64. The molecule has 2 N–H and O–H groups in total. The van der Waals surface area contributed by atoms with Crippen LogP contribution in [0.15, 0.2) is 76.2 Å². The van der Waals surface area contributed by atoms with E-state index in [1.54, 1.807) is 35.9 Å². The molecule has 4 heterocycles. The van der Waals surface area contributed by atoms with Gasteiger partial charge in [0.25, 0.3) is 0 Å². The Morgan fingerprint density at radius 3 is 2.47 bits per heavy atom. The fourth-order valence-corrected chi connectivity index (χ4v) is 6.09. The van der Waals surface area contributed by atoms with Crippen LogP contribution < -0.4 is 20.8 Å². The molecule has 1 atom stereocenters. The maximum atomic E-state index is 15.1. The first-order valence-corrected chi connectivity index (χ1v) is 15.3. The Morgan fingerprint density at radius 1 is 0.936 bits per heavy atom. The number of aromatic nitrogens is 4. The standard InChI is InChI=1S/C35H32F2N6O4/c1-19(2)46-26-11-10-22(17-24(26)37)31-30-34(38)39-18-40-35(30)43(41-31)20(3)33-28(21-6-4-7-23(36)16-21)32(44)29-25(8-5-9-27(29)47-33)42-12-14-45-15-13-42/h4-11,16-20H,12-15H2,1-3H3,(H2,38,39,40). The smallest absolute Gasteiger partial charge is 0.202 e. The lowest BCUT2D eigenvalue weighted by molar-refractivity contribution is 0.123.